The van der Waals surface area contributed by atoms with Crippen molar-refractivity contribution in [2.45, 2.75) is 13.8 Å². The Bertz CT molecular complexity index is 609. The number of hydrogen-bond acceptors (Lipinski definition) is 2. The van der Waals surface area contributed by atoms with Gasteiger partial charge in [0.1, 0.15) is 11.6 Å². The summed E-state index contributed by atoms with van der Waals surface area (Å²) in [5.74, 6) is -0.0398. The molecule has 0 amide bonds. The Kier molecular flexibility index (Phi) is 4.91. The summed E-state index contributed by atoms with van der Waals surface area (Å²) in [6, 6.07) is 11.7. The molecule has 2 aromatic carbocycles. The predicted molar refractivity (Wildman–Crippen MR) is 78.4 cm³/mol. The summed E-state index contributed by atoms with van der Waals surface area (Å²) in [5, 5.41) is 0. The maximum atomic E-state index is 12.8. The first-order valence-electron chi connectivity index (χ1n) is 5.38. The van der Waals surface area contributed by atoms with Crippen LogP contribution in [0.1, 0.15) is 0 Å². The summed E-state index contributed by atoms with van der Waals surface area (Å²) in [6.07, 6.45) is 0. The van der Waals surface area contributed by atoms with Crippen LogP contribution in [0.3, 0.4) is 0 Å². The zero-order chi connectivity index (χ0) is 14.8. The van der Waals surface area contributed by atoms with E-state index in [1.54, 1.807) is 24.3 Å². The minimum absolute atomic E-state index is 0.338. The maximum absolute atomic E-state index is 12.8. The van der Waals surface area contributed by atoms with Crippen LogP contribution in [0, 0.1) is 5.82 Å². The van der Waals surface area contributed by atoms with Crippen LogP contribution in [0.4, 0.5) is 4.39 Å². The van der Waals surface area contributed by atoms with Crippen LogP contribution in [-0.4, -0.2) is 8.19 Å². The standard InChI is InChI=1S/C13H8Cl3FO2S/c14-13(15,16)19-10-3-7-12(8-4-10)20(18)11-5-1-9(17)2-6-11/h1-8H. The first-order valence-corrected chi connectivity index (χ1v) is 7.67. The molecular formula is C13H8Cl3FO2S. The maximum Gasteiger partial charge on any atom is 0.338 e. The van der Waals surface area contributed by atoms with Crippen molar-refractivity contribution < 1.29 is 13.3 Å². The lowest BCUT2D eigenvalue weighted by atomic mass is 10.3. The second-order valence-corrected chi connectivity index (χ2v) is 7.40. The summed E-state index contributed by atoms with van der Waals surface area (Å²) >= 11 is 16.5. The van der Waals surface area contributed by atoms with Crippen molar-refractivity contribution in [2.24, 2.45) is 0 Å². The largest absolute Gasteiger partial charge is 0.446 e. The molecule has 106 valence electrons. The highest BCUT2D eigenvalue weighted by Crippen LogP contribution is 2.30. The van der Waals surface area contributed by atoms with Crippen LogP contribution < -0.4 is 4.74 Å². The molecule has 1 atom stereocenters. The molecule has 7 heteroatoms. The van der Waals surface area contributed by atoms with Crippen molar-refractivity contribution in [1.82, 2.24) is 0 Å². The smallest absolute Gasteiger partial charge is 0.338 e. The topological polar surface area (TPSA) is 26.3 Å². The van der Waals surface area contributed by atoms with Gasteiger partial charge < -0.3 is 4.74 Å². The van der Waals surface area contributed by atoms with E-state index in [2.05, 4.69) is 0 Å². The van der Waals surface area contributed by atoms with Gasteiger partial charge in [-0.1, -0.05) is 0 Å². The average molecular weight is 354 g/mol. The number of hydrogen-bond donors (Lipinski definition) is 0. The Morgan fingerprint density at radius 3 is 1.80 bits per heavy atom. The highest BCUT2D eigenvalue weighted by Gasteiger charge is 2.21. The van der Waals surface area contributed by atoms with Crippen molar-refractivity contribution in [1.29, 1.82) is 0 Å². The van der Waals surface area contributed by atoms with Crippen molar-refractivity contribution in [3.05, 3.63) is 54.3 Å². The fourth-order valence-corrected chi connectivity index (χ4v) is 2.77. The zero-order valence-corrected chi connectivity index (χ0v) is 12.9. The van der Waals surface area contributed by atoms with Crippen LogP contribution >= 0.6 is 34.8 Å². The highest BCUT2D eigenvalue weighted by molar-refractivity contribution is 7.85. The minimum Gasteiger partial charge on any atom is -0.446 e. The van der Waals surface area contributed by atoms with Gasteiger partial charge in [-0.3, -0.25) is 0 Å². The van der Waals surface area contributed by atoms with E-state index in [4.69, 9.17) is 39.5 Å². The molecule has 0 spiro atoms. The van der Waals surface area contributed by atoms with Crippen LogP contribution in [0.15, 0.2) is 58.3 Å². The summed E-state index contributed by atoms with van der Waals surface area (Å²) < 4.78 is 28.2. The van der Waals surface area contributed by atoms with E-state index in [0.717, 1.165) is 0 Å². The Labute approximate surface area is 132 Å². The van der Waals surface area contributed by atoms with Crippen LogP contribution in [0.5, 0.6) is 5.75 Å². The Morgan fingerprint density at radius 2 is 1.35 bits per heavy atom. The molecule has 20 heavy (non-hydrogen) atoms. The molecule has 0 bridgehead atoms. The van der Waals surface area contributed by atoms with Crippen LogP contribution in [0.25, 0.3) is 0 Å². The van der Waals surface area contributed by atoms with E-state index in [0.29, 0.717) is 15.5 Å². The zero-order valence-electron chi connectivity index (χ0n) is 9.86. The van der Waals surface area contributed by atoms with Crippen LogP contribution in [0.2, 0.25) is 0 Å². The lowest BCUT2D eigenvalue weighted by Gasteiger charge is -2.13. The summed E-state index contributed by atoms with van der Waals surface area (Å²) in [7, 11) is -1.41. The van der Waals surface area contributed by atoms with E-state index >= 15 is 0 Å². The molecule has 0 aliphatic heterocycles. The predicted octanol–water partition coefficient (Wildman–Crippen LogP) is 4.70. The SMILES string of the molecule is O=S(c1ccc(F)cc1)c1ccc(OC(Cl)(Cl)Cl)cc1. The highest BCUT2D eigenvalue weighted by atomic mass is 35.6. The quantitative estimate of drug-likeness (QED) is 0.748. The molecule has 0 saturated heterocycles. The second kappa shape index (κ2) is 6.31. The average Bonchev–Trinajstić information content (AvgIpc) is 2.38. The molecule has 2 aromatic rings. The normalized spacial score (nSPS) is 13.0. The number of rotatable bonds is 3. The van der Waals surface area contributed by atoms with Crippen molar-refractivity contribution in [3.63, 3.8) is 0 Å². The molecule has 0 heterocycles. The Balaban J connectivity index is 2.17. The van der Waals surface area contributed by atoms with Gasteiger partial charge in [-0.2, -0.15) is 0 Å². The molecule has 0 radical (unpaired) electrons. The summed E-state index contributed by atoms with van der Waals surface area (Å²) in [5.41, 5.74) is 0. The van der Waals surface area contributed by atoms with E-state index < -0.39 is 14.8 Å². The van der Waals surface area contributed by atoms with E-state index in [1.807, 2.05) is 0 Å². The molecule has 0 N–H and O–H groups in total. The lowest BCUT2D eigenvalue weighted by molar-refractivity contribution is 0.320. The lowest BCUT2D eigenvalue weighted by Crippen LogP contribution is -2.12. The number of benzene rings is 2. The fourth-order valence-electron chi connectivity index (χ4n) is 1.46. The van der Waals surface area contributed by atoms with E-state index in [1.165, 1.54) is 24.3 Å². The number of ether oxygens (including phenoxy) is 1. The molecule has 0 fully saturated rings. The fraction of sp³-hybridized carbons (Fsp3) is 0.0769. The van der Waals surface area contributed by atoms with E-state index in [-0.39, 0.29) is 5.82 Å². The van der Waals surface area contributed by atoms with Gasteiger partial charge >= 0.3 is 3.98 Å². The number of halogens is 4. The molecule has 0 saturated carbocycles. The molecule has 1 unspecified atom stereocenters. The molecule has 0 aromatic heterocycles. The molecule has 0 aliphatic carbocycles. The molecule has 2 rings (SSSR count). The van der Waals surface area contributed by atoms with Gasteiger partial charge in [0.15, 0.2) is 0 Å². The third-order valence-electron chi connectivity index (χ3n) is 2.30. The van der Waals surface area contributed by atoms with Crippen molar-refractivity contribution in [3.8, 4) is 5.75 Å². The van der Waals surface area contributed by atoms with Gasteiger partial charge in [0.05, 0.1) is 10.8 Å². The second-order valence-electron chi connectivity index (χ2n) is 3.74. The third-order valence-corrected chi connectivity index (χ3v) is 3.93. The van der Waals surface area contributed by atoms with Gasteiger partial charge in [0.2, 0.25) is 0 Å². The van der Waals surface area contributed by atoms with Gasteiger partial charge in [-0.25, -0.2) is 8.60 Å². The van der Waals surface area contributed by atoms with Crippen LogP contribution in [-0.2, 0) is 10.8 Å². The van der Waals surface area contributed by atoms with E-state index in [9.17, 15) is 8.60 Å². The van der Waals surface area contributed by atoms with Gasteiger partial charge in [0, 0.05) is 9.79 Å². The summed E-state index contributed by atoms with van der Waals surface area (Å²) in [6.45, 7) is 0. The summed E-state index contributed by atoms with van der Waals surface area (Å²) in [4.78, 5) is 1.04. The minimum atomic E-state index is -1.85. The van der Waals surface area contributed by atoms with Gasteiger partial charge in [0.25, 0.3) is 0 Å². The Hall–Kier alpha value is -0.810. The van der Waals surface area contributed by atoms with Crippen molar-refractivity contribution >= 4 is 45.6 Å². The first kappa shape index (κ1) is 15.6. The first-order chi connectivity index (χ1) is 9.35. The van der Waals surface area contributed by atoms with Crippen molar-refractivity contribution in [2.75, 3.05) is 0 Å². The monoisotopic (exact) mass is 352 g/mol. The molecule has 0 aliphatic rings. The number of alkyl halides is 3. The molecule has 2 nitrogen and oxygen atoms in total. The Morgan fingerprint density at radius 1 is 0.900 bits per heavy atom. The van der Waals surface area contributed by atoms with Gasteiger partial charge in [-0.05, 0) is 83.3 Å². The third kappa shape index (κ3) is 4.35. The van der Waals surface area contributed by atoms with Gasteiger partial charge in [-0.15, -0.1) is 0 Å². The molecular weight excluding hydrogens is 346 g/mol.